The Bertz CT molecular complexity index is 1210. The van der Waals surface area contributed by atoms with Crippen LogP contribution in [0.15, 0.2) is 36.2 Å². The molecule has 2 aliphatic carbocycles. The molecule has 0 N–H and O–H groups in total. The average molecular weight is 422 g/mol. The summed E-state index contributed by atoms with van der Waals surface area (Å²) in [6.45, 7) is -2.00. The molecule has 2 aromatic rings. The largest absolute Gasteiger partial charge is 0.368 e. The fourth-order valence-corrected chi connectivity index (χ4v) is 4.18. The van der Waals surface area contributed by atoms with Crippen molar-refractivity contribution in [2.45, 2.75) is 39.0 Å². The van der Waals surface area contributed by atoms with Crippen molar-refractivity contribution in [3.8, 4) is 0 Å². The van der Waals surface area contributed by atoms with E-state index < -0.39 is 25.6 Å². The van der Waals surface area contributed by atoms with Crippen molar-refractivity contribution in [1.82, 2.24) is 14.9 Å². The number of fused-ring (bicyclic) bond motifs is 1. The molecule has 6 nitrogen and oxygen atoms in total. The van der Waals surface area contributed by atoms with Crippen LogP contribution >= 0.6 is 0 Å². The highest BCUT2D eigenvalue weighted by molar-refractivity contribution is 6.04. The van der Waals surface area contributed by atoms with Crippen LogP contribution in [0, 0.1) is 5.92 Å². The zero-order valence-corrected chi connectivity index (χ0v) is 17.3. The molecule has 5 rings (SSSR count). The van der Waals surface area contributed by atoms with Gasteiger partial charge in [-0.3, -0.25) is 24.5 Å². The SMILES string of the molecule is [2H]C([2H])([2H])CC(=O)c1ccc(N2CCN(C([2H])([2H])c3cnc4c(c3)CC(=O)C(C3CC3)=C4)CC2)cn1. The highest BCUT2D eigenvalue weighted by atomic mass is 16.1. The molecule has 1 saturated heterocycles. The van der Waals surface area contributed by atoms with Gasteiger partial charge in [-0.2, -0.15) is 0 Å². The van der Waals surface area contributed by atoms with Crippen LogP contribution in [0.1, 0.15) is 60.3 Å². The molecule has 0 spiro atoms. The van der Waals surface area contributed by atoms with Crippen LogP contribution in [-0.4, -0.2) is 52.6 Å². The fourth-order valence-electron chi connectivity index (χ4n) is 4.18. The third kappa shape index (κ3) is 4.30. The van der Waals surface area contributed by atoms with Gasteiger partial charge in [-0.05, 0) is 48.1 Å². The van der Waals surface area contributed by atoms with E-state index in [1.807, 2.05) is 6.08 Å². The van der Waals surface area contributed by atoms with Gasteiger partial charge in [-0.15, -0.1) is 0 Å². The Kier molecular flexibility index (Phi) is 4.05. The molecule has 0 aromatic carbocycles. The van der Waals surface area contributed by atoms with Crippen molar-refractivity contribution in [2.24, 2.45) is 5.92 Å². The van der Waals surface area contributed by atoms with Crippen molar-refractivity contribution in [1.29, 1.82) is 0 Å². The molecule has 0 bridgehead atoms. The van der Waals surface area contributed by atoms with Gasteiger partial charge < -0.3 is 4.90 Å². The van der Waals surface area contributed by atoms with Crippen LogP contribution in [0.25, 0.3) is 6.08 Å². The molecule has 6 heteroatoms. The van der Waals surface area contributed by atoms with Crippen molar-refractivity contribution < 1.29 is 16.4 Å². The quantitative estimate of drug-likeness (QED) is 0.667. The molecule has 0 radical (unpaired) electrons. The Balaban J connectivity index is 1.23. The molecule has 3 heterocycles. The minimum absolute atomic E-state index is 0.123. The van der Waals surface area contributed by atoms with E-state index >= 15 is 0 Å². The maximum absolute atomic E-state index is 12.5. The number of Topliss-reactive ketones (excluding diaryl/α,β-unsaturated/α-hetero) is 2. The van der Waals surface area contributed by atoms with Crippen molar-refractivity contribution in [2.75, 3.05) is 31.1 Å². The third-order valence-corrected chi connectivity index (χ3v) is 6.11. The minimum Gasteiger partial charge on any atom is -0.368 e. The Labute approximate surface area is 190 Å². The van der Waals surface area contributed by atoms with Gasteiger partial charge in [0, 0.05) is 64.1 Å². The summed E-state index contributed by atoms with van der Waals surface area (Å²) in [4.78, 5) is 37.1. The maximum atomic E-state index is 12.5. The Morgan fingerprint density at radius 1 is 1.19 bits per heavy atom. The van der Waals surface area contributed by atoms with Crippen molar-refractivity contribution >= 4 is 23.3 Å². The van der Waals surface area contributed by atoms with E-state index in [1.165, 1.54) is 6.07 Å². The van der Waals surface area contributed by atoms with Gasteiger partial charge >= 0.3 is 0 Å². The normalized spacial score (nSPS) is 22.5. The van der Waals surface area contributed by atoms with Gasteiger partial charge in [-0.25, -0.2) is 0 Å². The first-order valence-electron chi connectivity index (χ1n) is 13.2. The summed E-state index contributed by atoms with van der Waals surface area (Å²) in [5.74, 6) is -0.0204. The fraction of sp³-hybridized carbons (Fsp3) is 0.440. The Hall–Kier alpha value is -2.86. The lowest BCUT2D eigenvalue weighted by atomic mass is 9.91. The number of hydrogen-bond acceptors (Lipinski definition) is 6. The number of pyridine rings is 2. The summed E-state index contributed by atoms with van der Waals surface area (Å²) in [5, 5.41) is 0. The summed E-state index contributed by atoms with van der Waals surface area (Å²) in [5.41, 5.74) is 3.79. The second-order valence-electron chi connectivity index (χ2n) is 8.33. The van der Waals surface area contributed by atoms with Gasteiger partial charge in [0.2, 0.25) is 0 Å². The first kappa shape index (κ1) is 15.0. The molecule has 1 saturated carbocycles. The molecule has 160 valence electrons. The van der Waals surface area contributed by atoms with Gasteiger partial charge in [0.05, 0.1) is 17.6 Å². The van der Waals surface area contributed by atoms with Crippen LogP contribution in [0.4, 0.5) is 5.69 Å². The average Bonchev–Trinajstić information content (AvgIpc) is 3.68. The molecule has 1 aliphatic heterocycles. The first-order valence-corrected chi connectivity index (χ1v) is 10.7. The van der Waals surface area contributed by atoms with Gasteiger partial charge in [0.1, 0.15) is 5.69 Å². The monoisotopic (exact) mass is 421 g/mol. The summed E-state index contributed by atoms with van der Waals surface area (Å²) in [7, 11) is 0. The highest BCUT2D eigenvalue weighted by Crippen LogP contribution is 2.40. The zero-order chi connectivity index (χ0) is 25.7. The van der Waals surface area contributed by atoms with Crippen LogP contribution in [0.3, 0.4) is 0 Å². The van der Waals surface area contributed by atoms with Crippen molar-refractivity contribution in [3.63, 3.8) is 0 Å². The minimum atomic E-state index is -2.33. The summed E-state index contributed by atoms with van der Waals surface area (Å²) < 4.78 is 39.3. The van der Waals surface area contributed by atoms with E-state index in [-0.39, 0.29) is 17.9 Å². The molecule has 0 amide bonds. The number of rotatable bonds is 6. The standard InChI is InChI=1S/C25H28N4O2/c1-2-24(30)22-6-5-20(15-27-22)29-9-7-28(8-10-29)16-17-11-19-12-25(31)21(18-3-4-18)13-23(19)26-14-17/h5-6,11,13-15,18H,2-4,7-10,12,16H2,1H3/i1D3,16D2. The van der Waals surface area contributed by atoms with Gasteiger partial charge in [0.25, 0.3) is 0 Å². The van der Waals surface area contributed by atoms with Gasteiger partial charge in [0.15, 0.2) is 11.6 Å². The Morgan fingerprint density at radius 2 is 2.03 bits per heavy atom. The predicted molar refractivity (Wildman–Crippen MR) is 120 cm³/mol. The molecule has 3 aliphatic rings. The van der Waals surface area contributed by atoms with E-state index in [1.54, 1.807) is 29.4 Å². The van der Waals surface area contributed by atoms with Crippen LogP contribution in [0.2, 0.25) is 0 Å². The molecule has 2 fully saturated rings. The second-order valence-corrected chi connectivity index (χ2v) is 8.33. The summed E-state index contributed by atoms with van der Waals surface area (Å²) >= 11 is 0. The number of ketones is 2. The maximum Gasteiger partial charge on any atom is 0.180 e. The van der Waals surface area contributed by atoms with E-state index in [4.69, 9.17) is 6.85 Å². The molecule has 2 aromatic heterocycles. The van der Waals surface area contributed by atoms with E-state index in [2.05, 4.69) is 14.9 Å². The zero-order valence-electron chi connectivity index (χ0n) is 22.3. The highest BCUT2D eigenvalue weighted by Gasteiger charge is 2.33. The van der Waals surface area contributed by atoms with Gasteiger partial charge in [-0.1, -0.05) is 12.9 Å². The molecule has 0 atom stereocenters. The summed E-state index contributed by atoms with van der Waals surface area (Å²) in [6, 6.07) is 5.07. The topological polar surface area (TPSA) is 66.4 Å². The Morgan fingerprint density at radius 3 is 2.74 bits per heavy atom. The number of piperazine rings is 1. The van der Waals surface area contributed by atoms with Crippen LogP contribution in [0.5, 0.6) is 0 Å². The predicted octanol–water partition coefficient (Wildman–Crippen LogP) is 3.31. The molecular weight excluding hydrogens is 388 g/mol. The van der Waals surface area contributed by atoms with E-state index in [9.17, 15) is 9.59 Å². The number of allylic oxidation sites excluding steroid dienone is 1. The van der Waals surface area contributed by atoms with Crippen molar-refractivity contribution in [3.05, 3.63) is 58.7 Å². The molecule has 31 heavy (non-hydrogen) atoms. The smallest absolute Gasteiger partial charge is 0.180 e. The number of hydrogen-bond donors (Lipinski definition) is 0. The lowest BCUT2D eigenvalue weighted by Gasteiger charge is -2.36. The first-order chi connectivity index (χ1) is 17.0. The number of aromatic nitrogens is 2. The van der Waals surface area contributed by atoms with E-state index in [0.29, 0.717) is 37.7 Å². The third-order valence-electron chi connectivity index (χ3n) is 6.11. The van der Waals surface area contributed by atoms with Crippen LogP contribution in [-0.2, 0) is 17.7 Å². The number of anilines is 1. The van der Waals surface area contributed by atoms with Crippen LogP contribution < -0.4 is 4.90 Å². The molecular formula is C25H28N4O2. The molecule has 0 unspecified atom stereocenters. The van der Waals surface area contributed by atoms with E-state index in [0.717, 1.165) is 35.4 Å². The number of carbonyl (C=O) groups is 2. The number of carbonyl (C=O) groups excluding carboxylic acids is 2. The summed E-state index contributed by atoms with van der Waals surface area (Å²) in [6.07, 6.45) is 6.88. The second kappa shape index (κ2) is 8.35. The lowest BCUT2D eigenvalue weighted by molar-refractivity contribution is -0.115. The number of nitrogens with zero attached hydrogens (tertiary/aromatic N) is 4. The lowest BCUT2D eigenvalue weighted by Crippen LogP contribution is -2.46.